The third kappa shape index (κ3) is 7.03. The molecule has 3 aromatic carbocycles. The van der Waals surface area contributed by atoms with Crippen LogP contribution in [0.3, 0.4) is 0 Å². The van der Waals surface area contributed by atoms with Crippen molar-refractivity contribution in [3.8, 4) is 0 Å². The number of halogens is 1. The molecule has 0 aromatic heterocycles. The molecule has 0 spiro atoms. The number of nitrogens with zero attached hydrogens (tertiary/aromatic N) is 1. The molecular weight excluding hydrogens is 451 g/mol. The molecule has 1 fully saturated rings. The number of hydrogen-bond acceptors (Lipinski definition) is 2. The highest BCUT2D eigenvalue weighted by molar-refractivity contribution is 5.89. The Hall–Kier alpha value is -3.47. The van der Waals surface area contributed by atoms with Crippen LogP contribution in [0.2, 0.25) is 0 Å². The molecule has 4 nitrogen and oxygen atoms in total. The zero-order chi connectivity index (χ0) is 25.3. The van der Waals surface area contributed by atoms with Crippen molar-refractivity contribution < 1.29 is 14.0 Å². The highest BCUT2D eigenvalue weighted by atomic mass is 19.1. The van der Waals surface area contributed by atoms with Crippen molar-refractivity contribution >= 4 is 11.8 Å². The van der Waals surface area contributed by atoms with Crippen LogP contribution in [0.5, 0.6) is 0 Å². The number of hydrogen-bond donors (Lipinski definition) is 1. The van der Waals surface area contributed by atoms with Crippen LogP contribution in [-0.4, -0.2) is 28.8 Å². The fourth-order valence-corrected chi connectivity index (χ4v) is 4.95. The average molecular weight is 487 g/mol. The second-order valence-electron chi connectivity index (χ2n) is 9.80. The lowest BCUT2D eigenvalue weighted by Crippen LogP contribution is -2.53. The van der Waals surface area contributed by atoms with Gasteiger partial charge in [-0.05, 0) is 54.2 Å². The molecule has 36 heavy (non-hydrogen) atoms. The molecule has 4 rings (SSSR count). The Kier molecular flexibility index (Phi) is 8.88. The van der Waals surface area contributed by atoms with Gasteiger partial charge in [0.1, 0.15) is 11.9 Å². The maximum Gasteiger partial charge on any atom is 0.243 e. The Morgan fingerprint density at radius 1 is 0.889 bits per heavy atom. The smallest absolute Gasteiger partial charge is 0.243 e. The summed E-state index contributed by atoms with van der Waals surface area (Å²) >= 11 is 0. The zero-order valence-electron chi connectivity index (χ0n) is 21.0. The summed E-state index contributed by atoms with van der Waals surface area (Å²) in [6, 6.07) is 23.3. The second-order valence-corrected chi connectivity index (χ2v) is 9.80. The summed E-state index contributed by atoms with van der Waals surface area (Å²) in [7, 11) is 0. The van der Waals surface area contributed by atoms with E-state index in [0.717, 1.165) is 47.9 Å². The molecule has 0 saturated heterocycles. The van der Waals surface area contributed by atoms with E-state index in [1.54, 1.807) is 17.0 Å². The van der Waals surface area contributed by atoms with E-state index in [1.165, 1.54) is 18.6 Å². The van der Waals surface area contributed by atoms with Crippen molar-refractivity contribution in [3.63, 3.8) is 0 Å². The van der Waals surface area contributed by atoms with Crippen LogP contribution in [0.4, 0.5) is 4.39 Å². The third-order valence-corrected chi connectivity index (χ3v) is 7.09. The Balaban J connectivity index is 1.65. The first-order valence-electron chi connectivity index (χ1n) is 12.9. The van der Waals surface area contributed by atoms with Crippen molar-refractivity contribution in [2.75, 3.05) is 0 Å². The second kappa shape index (κ2) is 12.5. The van der Waals surface area contributed by atoms with Crippen LogP contribution in [-0.2, 0) is 29.0 Å². The Morgan fingerprint density at radius 3 is 2.25 bits per heavy atom. The summed E-state index contributed by atoms with van der Waals surface area (Å²) in [6.07, 6.45) is 5.93. The van der Waals surface area contributed by atoms with Gasteiger partial charge >= 0.3 is 0 Å². The first-order chi connectivity index (χ1) is 17.5. The van der Waals surface area contributed by atoms with E-state index < -0.39 is 6.04 Å². The van der Waals surface area contributed by atoms with Gasteiger partial charge in [0, 0.05) is 19.0 Å². The van der Waals surface area contributed by atoms with Gasteiger partial charge in [-0.2, -0.15) is 0 Å². The standard InChI is InChI=1S/C31H35FN2O2/c1-23-10-8-9-13-26(23)22-34(30(35)21-25-16-18-27(32)19-17-25)29(20-24-11-4-2-5-12-24)31(36)33-28-14-6-3-7-15-28/h2,4-5,8-13,16-19,28-29H,3,6-7,14-15,20-22H2,1H3,(H,33,36)/t29-/m1/s1. The molecule has 3 aromatic rings. The molecule has 2 amide bonds. The summed E-state index contributed by atoms with van der Waals surface area (Å²) in [6.45, 7) is 2.36. The lowest BCUT2D eigenvalue weighted by atomic mass is 9.94. The minimum atomic E-state index is -0.651. The van der Waals surface area contributed by atoms with Gasteiger partial charge in [0.25, 0.3) is 0 Å². The highest BCUT2D eigenvalue weighted by Gasteiger charge is 2.32. The highest BCUT2D eigenvalue weighted by Crippen LogP contribution is 2.21. The first-order valence-corrected chi connectivity index (χ1v) is 12.9. The molecule has 0 unspecified atom stereocenters. The van der Waals surface area contributed by atoms with Gasteiger partial charge in [0.05, 0.1) is 6.42 Å². The van der Waals surface area contributed by atoms with Gasteiger partial charge in [0.2, 0.25) is 11.8 Å². The van der Waals surface area contributed by atoms with Gasteiger partial charge in [-0.25, -0.2) is 4.39 Å². The normalized spacial score (nSPS) is 14.7. The fourth-order valence-electron chi connectivity index (χ4n) is 4.95. The quantitative estimate of drug-likeness (QED) is 0.418. The van der Waals surface area contributed by atoms with Gasteiger partial charge < -0.3 is 10.2 Å². The molecule has 1 N–H and O–H groups in total. The number of rotatable bonds is 9. The summed E-state index contributed by atoms with van der Waals surface area (Å²) in [5.41, 5.74) is 3.81. The number of carbonyl (C=O) groups excluding carboxylic acids is 2. The summed E-state index contributed by atoms with van der Waals surface area (Å²) < 4.78 is 13.5. The van der Waals surface area contributed by atoms with E-state index in [-0.39, 0.29) is 30.1 Å². The summed E-state index contributed by atoms with van der Waals surface area (Å²) in [5.74, 6) is -0.590. The molecule has 1 atom stereocenters. The van der Waals surface area contributed by atoms with Crippen molar-refractivity contribution in [1.82, 2.24) is 10.2 Å². The van der Waals surface area contributed by atoms with Gasteiger partial charge in [-0.15, -0.1) is 0 Å². The van der Waals surface area contributed by atoms with E-state index in [1.807, 2.05) is 61.5 Å². The van der Waals surface area contributed by atoms with Crippen LogP contribution in [0, 0.1) is 12.7 Å². The Labute approximate surface area is 213 Å². The number of amides is 2. The molecule has 0 aliphatic heterocycles. The van der Waals surface area contributed by atoms with Crippen LogP contribution >= 0.6 is 0 Å². The van der Waals surface area contributed by atoms with E-state index in [4.69, 9.17) is 0 Å². The molecular formula is C31H35FN2O2. The molecule has 5 heteroatoms. The van der Waals surface area contributed by atoms with Gasteiger partial charge in [-0.3, -0.25) is 9.59 Å². The molecule has 0 bridgehead atoms. The molecule has 0 heterocycles. The molecule has 188 valence electrons. The van der Waals surface area contributed by atoms with Crippen molar-refractivity contribution in [1.29, 1.82) is 0 Å². The van der Waals surface area contributed by atoms with Crippen LogP contribution in [0.25, 0.3) is 0 Å². The molecule has 1 aliphatic carbocycles. The maximum absolute atomic E-state index is 13.8. The Morgan fingerprint density at radius 2 is 1.56 bits per heavy atom. The van der Waals surface area contributed by atoms with E-state index >= 15 is 0 Å². The number of carbonyl (C=O) groups is 2. The monoisotopic (exact) mass is 486 g/mol. The van der Waals surface area contributed by atoms with Crippen molar-refractivity contribution in [3.05, 3.63) is 107 Å². The van der Waals surface area contributed by atoms with Crippen LogP contribution in [0.15, 0.2) is 78.9 Å². The van der Waals surface area contributed by atoms with E-state index in [0.29, 0.717) is 13.0 Å². The van der Waals surface area contributed by atoms with Crippen molar-refractivity contribution in [2.24, 2.45) is 0 Å². The SMILES string of the molecule is Cc1ccccc1CN(C(=O)Cc1ccc(F)cc1)[C@H](Cc1ccccc1)C(=O)NC1CCCCC1. The van der Waals surface area contributed by atoms with Crippen molar-refractivity contribution in [2.45, 2.75) is 70.5 Å². The third-order valence-electron chi connectivity index (χ3n) is 7.09. The summed E-state index contributed by atoms with van der Waals surface area (Å²) in [5, 5.41) is 3.26. The van der Waals surface area contributed by atoms with Gasteiger partial charge in [-0.1, -0.05) is 86.0 Å². The lowest BCUT2D eigenvalue weighted by molar-refractivity contribution is -0.141. The number of nitrogens with one attached hydrogen (secondary N) is 1. The van der Waals surface area contributed by atoms with Crippen LogP contribution < -0.4 is 5.32 Å². The van der Waals surface area contributed by atoms with Gasteiger partial charge in [0.15, 0.2) is 0 Å². The van der Waals surface area contributed by atoms with E-state index in [2.05, 4.69) is 5.32 Å². The lowest BCUT2D eigenvalue weighted by Gasteiger charge is -2.34. The number of aryl methyl sites for hydroxylation is 1. The minimum absolute atomic E-state index is 0.105. The van der Waals surface area contributed by atoms with E-state index in [9.17, 15) is 14.0 Å². The minimum Gasteiger partial charge on any atom is -0.352 e. The maximum atomic E-state index is 13.8. The Bertz CT molecular complexity index is 1140. The zero-order valence-corrected chi connectivity index (χ0v) is 21.0. The first kappa shape index (κ1) is 25.6. The predicted molar refractivity (Wildman–Crippen MR) is 141 cm³/mol. The number of benzene rings is 3. The molecule has 1 saturated carbocycles. The van der Waals surface area contributed by atoms with Crippen LogP contribution in [0.1, 0.15) is 54.4 Å². The largest absolute Gasteiger partial charge is 0.352 e. The molecule has 1 aliphatic rings. The fraction of sp³-hybridized carbons (Fsp3) is 0.355. The topological polar surface area (TPSA) is 49.4 Å². The molecule has 0 radical (unpaired) electrons. The average Bonchev–Trinajstić information content (AvgIpc) is 2.89. The summed E-state index contributed by atoms with van der Waals surface area (Å²) in [4.78, 5) is 29.3. The predicted octanol–water partition coefficient (Wildman–Crippen LogP) is 5.77.